The lowest BCUT2D eigenvalue weighted by molar-refractivity contribution is -0.302. The molecule has 1 rings (SSSR count). The van der Waals surface area contributed by atoms with Gasteiger partial charge >= 0.3 is 0 Å². The summed E-state index contributed by atoms with van der Waals surface area (Å²) in [5, 5.41) is 54.2. The molecule has 9 heteroatoms. The zero-order valence-corrected chi connectivity index (χ0v) is 38.0. The molecule has 0 saturated carbocycles. The summed E-state index contributed by atoms with van der Waals surface area (Å²) >= 11 is 0. The summed E-state index contributed by atoms with van der Waals surface area (Å²) in [6.07, 6.45) is 43.3. The van der Waals surface area contributed by atoms with E-state index in [4.69, 9.17) is 9.47 Å². The van der Waals surface area contributed by atoms with E-state index in [2.05, 4.69) is 43.5 Å². The van der Waals surface area contributed by atoms with Gasteiger partial charge in [-0.25, -0.2) is 0 Å². The first-order valence-corrected chi connectivity index (χ1v) is 24.7. The van der Waals surface area contributed by atoms with Crippen LogP contribution in [0.15, 0.2) is 36.5 Å². The van der Waals surface area contributed by atoms with E-state index in [-0.39, 0.29) is 12.5 Å². The molecule has 0 aromatic heterocycles. The number of allylic oxidation sites excluding steroid dienone is 5. The minimum Gasteiger partial charge on any atom is -0.394 e. The lowest BCUT2D eigenvalue weighted by Crippen LogP contribution is -2.60. The van der Waals surface area contributed by atoms with Gasteiger partial charge in [0.25, 0.3) is 0 Å². The van der Waals surface area contributed by atoms with Gasteiger partial charge in [-0.3, -0.25) is 4.79 Å². The molecule has 1 amide bonds. The molecule has 1 aliphatic rings. The van der Waals surface area contributed by atoms with E-state index in [0.717, 1.165) is 51.4 Å². The first kappa shape index (κ1) is 55.4. The van der Waals surface area contributed by atoms with Gasteiger partial charge in [-0.2, -0.15) is 0 Å². The second-order valence-corrected chi connectivity index (χ2v) is 17.2. The number of carbonyl (C=O) groups is 1. The van der Waals surface area contributed by atoms with Crippen molar-refractivity contribution in [2.75, 3.05) is 13.2 Å². The summed E-state index contributed by atoms with van der Waals surface area (Å²) in [5.74, 6) is -0.191. The number of carbonyl (C=O) groups excluding carboxylic acids is 1. The number of aliphatic hydroxyl groups is 5. The minimum absolute atomic E-state index is 0.191. The van der Waals surface area contributed by atoms with Gasteiger partial charge in [0, 0.05) is 6.42 Å². The van der Waals surface area contributed by atoms with Crippen LogP contribution in [-0.4, -0.2) is 87.5 Å². The van der Waals surface area contributed by atoms with Crippen molar-refractivity contribution in [3.05, 3.63) is 36.5 Å². The molecule has 1 saturated heterocycles. The van der Waals surface area contributed by atoms with E-state index >= 15 is 0 Å². The SMILES string of the molecule is CCCCCCCCCCC/C=C\CCCCCCCCCC(=O)NC(COC1OC(CO)C(O)C(O)C1O)C(O)/C=C/CC/C=C/CCCCCCCCCCCC. The molecule has 0 spiro atoms. The van der Waals surface area contributed by atoms with Gasteiger partial charge in [0.1, 0.15) is 24.4 Å². The number of hydrogen-bond acceptors (Lipinski definition) is 8. The van der Waals surface area contributed by atoms with Crippen molar-refractivity contribution in [3.63, 3.8) is 0 Å². The number of ether oxygens (including phenoxy) is 2. The fourth-order valence-corrected chi connectivity index (χ4v) is 7.70. The van der Waals surface area contributed by atoms with Crippen molar-refractivity contribution in [2.24, 2.45) is 0 Å². The summed E-state index contributed by atoms with van der Waals surface area (Å²) in [5.41, 5.74) is 0. The molecule has 0 aromatic carbocycles. The van der Waals surface area contributed by atoms with Crippen LogP contribution >= 0.6 is 0 Å². The normalized spacial score (nSPS) is 21.0. The molecule has 346 valence electrons. The van der Waals surface area contributed by atoms with Gasteiger partial charge in [0.05, 0.1) is 25.4 Å². The molecule has 6 N–H and O–H groups in total. The Morgan fingerprint density at radius 1 is 0.559 bits per heavy atom. The lowest BCUT2D eigenvalue weighted by Gasteiger charge is -2.40. The van der Waals surface area contributed by atoms with Crippen LogP contribution < -0.4 is 5.32 Å². The fourth-order valence-electron chi connectivity index (χ4n) is 7.70. The number of nitrogens with one attached hydrogen (secondary N) is 1. The van der Waals surface area contributed by atoms with E-state index in [9.17, 15) is 30.3 Å². The van der Waals surface area contributed by atoms with Crippen LogP contribution in [0.3, 0.4) is 0 Å². The Kier molecular flexibility index (Phi) is 38.0. The zero-order chi connectivity index (χ0) is 43.0. The minimum atomic E-state index is -1.57. The Bertz CT molecular complexity index is 1020. The van der Waals surface area contributed by atoms with E-state index in [0.29, 0.717) is 6.42 Å². The third-order valence-corrected chi connectivity index (χ3v) is 11.7. The Balaban J connectivity index is 2.34. The van der Waals surface area contributed by atoms with Gasteiger partial charge in [0.15, 0.2) is 6.29 Å². The van der Waals surface area contributed by atoms with Crippen LogP contribution in [0.4, 0.5) is 0 Å². The molecule has 0 radical (unpaired) electrons. The third kappa shape index (κ3) is 31.0. The highest BCUT2D eigenvalue weighted by Gasteiger charge is 2.44. The van der Waals surface area contributed by atoms with Crippen molar-refractivity contribution >= 4 is 5.91 Å². The van der Waals surface area contributed by atoms with Crippen LogP contribution in [-0.2, 0) is 14.3 Å². The monoisotopic (exact) mass is 836 g/mol. The molecule has 7 unspecified atom stereocenters. The predicted molar refractivity (Wildman–Crippen MR) is 244 cm³/mol. The molecular formula is C50H93NO8. The first-order chi connectivity index (χ1) is 28.8. The van der Waals surface area contributed by atoms with E-state index in [1.165, 1.54) is 148 Å². The molecule has 9 nitrogen and oxygen atoms in total. The maximum absolute atomic E-state index is 13.0. The number of amides is 1. The van der Waals surface area contributed by atoms with E-state index < -0.39 is 49.5 Å². The molecule has 7 atom stereocenters. The molecule has 1 fully saturated rings. The zero-order valence-electron chi connectivity index (χ0n) is 38.0. The highest BCUT2D eigenvalue weighted by atomic mass is 16.7. The third-order valence-electron chi connectivity index (χ3n) is 11.7. The quantitative estimate of drug-likeness (QED) is 0.0263. The largest absolute Gasteiger partial charge is 0.394 e. The number of rotatable bonds is 41. The molecule has 0 aromatic rings. The van der Waals surface area contributed by atoms with Crippen LogP contribution in [0.5, 0.6) is 0 Å². The average Bonchev–Trinajstić information content (AvgIpc) is 3.23. The van der Waals surface area contributed by atoms with Gasteiger partial charge < -0.3 is 40.3 Å². The topological polar surface area (TPSA) is 149 Å². The summed E-state index contributed by atoms with van der Waals surface area (Å²) < 4.78 is 11.2. The van der Waals surface area contributed by atoms with Gasteiger partial charge in [0.2, 0.25) is 5.91 Å². The number of hydrogen-bond donors (Lipinski definition) is 6. The predicted octanol–water partition coefficient (Wildman–Crippen LogP) is 10.8. The fraction of sp³-hybridized carbons (Fsp3) is 0.860. The van der Waals surface area contributed by atoms with E-state index in [1.54, 1.807) is 6.08 Å². The Morgan fingerprint density at radius 2 is 0.966 bits per heavy atom. The molecular weight excluding hydrogens is 743 g/mol. The molecule has 0 aliphatic carbocycles. The second kappa shape index (κ2) is 40.5. The molecule has 1 aliphatic heterocycles. The van der Waals surface area contributed by atoms with Crippen molar-refractivity contribution in [2.45, 2.75) is 262 Å². The molecule has 59 heavy (non-hydrogen) atoms. The van der Waals surface area contributed by atoms with Gasteiger partial charge in [-0.05, 0) is 57.8 Å². The lowest BCUT2D eigenvalue weighted by atomic mass is 9.99. The maximum atomic E-state index is 13.0. The second-order valence-electron chi connectivity index (χ2n) is 17.2. The van der Waals surface area contributed by atoms with Crippen LogP contribution in [0.2, 0.25) is 0 Å². The van der Waals surface area contributed by atoms with Crippen LogP contribution in [0.25, 0.3) is 0 Å². The molecule has 1 heterocycles. The Hall–Kier alpha value is -1.59. The highest BCUT2D eigenvalue weighted by Crippen LogP contribution is 2.23. The summed E-state index contributed by atoms with van der Waals surface area (Å²) in [6.45, 7) is 3.76. The summed E-state index contributed by atoms with van der Waals surface area (Å²) in [4.78, 5) is 13.0. The van der Waals surface area contributed by atoms with Crippen LogP contribution in [0.1, 0.15) is 219 Å². The highest BCUT2D eigenvalue weighted by molar-refractivity contribution is 5.76. The summed E-state index contributed by atoms with van der Waals surface area (Å²) in [6, 6.07) is -0.822. The average molecular weight is 836 g/mol. The van der Waals surface area contributed by atoms with Gasteiger partial charge in [-0.1, -0.05) is 192 Å². The Labute approximate surface area is 361 Å². The van der Waals surface area contributed by atoms with Crippen molar-refractivity contribution in [1.29, 1.82) is 0 Å². The molecule has 0 bridgehead atoms. The number of aliphatic hydroxyl groups excluding tert-OH is 5. The maximum Gasteiger partial charge on any atom is 0.220 e. The summed E-state index contributed by atoms with van der Waals surface area (Å²) in [7, 11) is 0. The van der Waals surface area contributed by atoms with E-state index in [1.807, 2.05) is 6.08 Å². The Morgan fingerprint density at radius 3 is 1.42 bits per heavy atom. The number of unbranched alkanes of at least 4 members (excludes halogenated alkanes) is 27. The smallest absolute Gasteiger partial charge is 0.220 e. The van der Waals surface area contributed by atoms with Gasteiger partial charge in [-0.15, -0.1) is 0 Å². The van der Waals surface area contributed by atoms with Crippen LogP contribution in [0, 0.1) is 0 Å². The first-order valence-electron chi connectivity index (χ1n) is 24.7. The van der Waals surface area contributed by atoms with Crippen molar-refractivity contribution in [3.8, 4) is 0 Å². The standard InChI is InChI=1S/C50H93NO8/c1-3-5-7-9-11-13-15-17-19-21-22-23-24-26-28-30-32-34-36-38-40-46(54)51-43(42-58-50-49(57)48(56)47(55)45(41-52)59-50)44(53)39-37-35-33-31-29-27-25-20-18-16-14-12-10-8-6-4-2/h22-23,29,31,37,39,43-45,47-50,52-53,55-57H,3-21,24-28,30,32-36,38,40-42H2,1-2H3,(H,51,54)/b23-22-,31-29+,39-37+. The van der Waals surface area contributed by atoms with Crippen molar-refractivity contribution in [1.82, 2.24) is 5.32 Å². The van der Waals surface area contributed by atoms with Crippen molar-refractivity contribution < 1.29 is 39.8 Å².